The molecule has 1 aromatic heterocycles. The van der Waals surface area contributed by atoms with Crippen molar-refractivity contribution in [2.24, 2.45) is 0 Å². The number of aryl methyl sites for hydroxylation is 1. The van der Waals surface area contributed by atoms with Crippen LogP contribution < -0.4 is 4.74 Å². The molecular formula is C14H19N3O. The zero-order valence-electron chi connectivity index (χ0n) is 11.5. The second-order valence-corrected chi connectivity index (χ2v) is 5.38. The number of nitrogens with one attached hydrogen (secondary N) is 1. The third-order valence-corrected chi connectivity index (χ3v) is 2.87. The lowest BCUT2D eigenvalue weighted by Crippen LogP contribution is -2.13. The summed E-state index contributed by atoms with van der Waals surface area (Å²) in [5, 5.41) is 7.06. The van der Waals surface area contributed by atoms with E-state index in [1.807, 2.05) is 19.1 Å². The van der Waals surface area contributed by atoms with Gasteiger partial charge in [0.05, 0.1) is 12.7 Å². The van der Waals surface area contributed by atoms with E-state index in [9.17, 15) is 0 Å². The van der Waals surface area contributed by atoms with Crippen LogP contribution in [0, 0.1) is 6.92 Å². The minimum absolute atomic E-state index is 0.0205. The molecule has 0 aliphatic rings. The van der Waals surface area contributed by atoms with E-state index in [2.05, 4.69) is 42.0 Å². The van der Waals surface area contributed by atoms with Crippen LogP contribution in [0.5, 0.6) is 5.75 Å². The summed E-state index contributed by atoms with van der Waals surface area (Å²) in [6, 6.07) is 6.09. The van der Waals surface area contributed by atoms with Gasteiger partial charge < -0.3 is 4.74 Å². The Morgan fingerprint density at radius 2 is 1.94 bits per heavy atom. The highest BCUT2D eigenvalue weighted by molar-refractivity contribution is 5.67. The second kappa shape index (κ2) is 4.44. The lowest BCUT2D eigenvalue weighted by atomic mass is 9.85. The molecule has 1 N–H and O–H groups in total. The fourth-order valence-corrected chi connectivity index (χ4v) is 1.99. The largest absolute Gasteiger partial charge is 0.496 e. The van der Waals surface area contributed by atoms with Crippen molar-refractivity contribution in [2.45, 2.75) is 33.1 Å². The third-order valence-electron chi connectivity index (χ3n) is 2.87. The number of hydrogen-bond acceptors (Lipinski definition) is 3. The Kier molecular flexibility index (Phi) is 3.11. The van der Waals surface area contributed by atoms with Crippen LogP contribution in [0.1, 0.15) is 32.2 Å². The normalized spacial score (nSPS) is 11.6. The number of methoxy groups -OCH3 is 1. The number of aromatic amines is 1. The molecule has 0 bridgehead atoms. The number of ether oxygens (including phenoxy) is 1. The number of nitrogens with zero attached hydrogens (tertiary/aromatic N) is 2. The van der Waals surface area contributed by atoms with Gasteiger partial charge in [0, 0.05) is 5.56 Å². The van der Waals surface area contributed by atoms with Gasteiger partial charge in [0.2, 0.25) is 0 Å². The summed E-state index contributed by atoms with van der Waals surface area (Å²) in [7, 11) is 1.69. The van der Waals surface area contributed by atoms with E-state index in [-0.39, 0.29) is 5.41 Å². The van der Waals surface area contributed by atoms with Crippen molar-refractivity contribution in [1.29, 1.82) is 0 Å². The molecule has 0 fully saturated rings. The maximum atomic E-state index is 5.57. The molecule has 0 atom stereocenters. The van der Waals surface area contributed by atoms with Crippen molar-refractivity contribution < 1.29 is 4.74 Å². The van der Waals surface area contributed by atoms with Gasteiger partial charge in [-0.25, -0.2) is 4.98 Å². The van der Waals surface area contributed by atoms with E-state index in [0.717, 1.165) is 22.7 Å². The molecule has 0 aliphatic heterocycles. The van der Waals surface area contributed by atoms with Crippen molar-refractivity contribution >= 4 is 0 Å². The van der Waals surface area contributed by atoms with Gasteiger partial charge in [-0.15, -0.1) is 0 Å². The van der Waals surface area contributed by atoms with Crippen LogP contribution in [0.2, 0.25) is 0 Å². The number of H-pyrrole nitrogens is 1. The molecule has 0 radical (unpaired) electrons. The van der Waals surface area contributed by atoms with Crippen LogP contribution >= 0.6 is 0 Å². The molecule has 2 rings (SSSR count). The molecule has 0 saturated heterocycles. The van der Waals surface area contributed by atoms with Gasteiger partial charge in [-0.2, -0.15) is 5.10 Å². The predicted molar refractivity (Wildman–Crippen MR) is 71.8 cm³/mol. The molecule has 18 heavy (non-hydrogen) atoms. The van der Waals surface area contributed by atoms with Gasteiger partial charge in [0.1, 0.15) is 11.6 Å². The minimum atomic E-state index is 0.0205. The first-order valence-electron chi connectivity index (χ1n) is 6.00. The number of rotatable bonds is 2. The minimum Gasteiger partial charge on any atom is -0.496 e. The number of hydrogen-bond donors (Lipinski definition) is 1. The van der Waals surface area contributed by atoms with Crippen LogP contribution in [0.15, 0.2) is 18.2 Å². The van der Waals surface area contributed by atoms with E-state index in [1.165, 1.54) is 0 Å². The average molecular weight is 245 g/mol. The summed E-state index contributed by atoms with van der Waals surface area (Å²) in [5.41, 5.74) is 2.10. The first-order chi connectivity index (χ1) is 8.43. The van der Waals surface area contributed by atoms with Crippen molar-refractivity contribution in [3.05, 3.63) is 29.6 Å². The van der Waals surface area contributed by atoms with Crippen LogP contribution in [-0.4, -0.2) is 22.3 Å². The summed E-state index contributed by atoms with van der Waals surface area (Å²) in [4.78, 5) is 4.37. The van der Waals surface area contributed by atoms with Gasteiger partial charge in [-0.1, -0.05) is 32.9 Å². The SMILES string of the molecule is COc1c(-c2n[nH]c(C)n2)cccc1C(C)(C)C. The maximum absolute atomic E-state index is 5.57. The Morgan fingerprint density at radius 3 is 2.44 bits per heavy atom. The zero-order valence-corrected chi connectivity index (χ0v) is 11.5. The lowest BCUT2D eigenvalue weighted by molar-refractivity contribution is 0.399. The van der Waals surface area contributed by atoms with E-state index >= 15 is 0 Å². The Balaban J connectivity index is 2.62. The average Bonchev–Trinajstić information content (AvgIpc) is 2.73. The molecular weight excluding hydrogens is 226 g/mol. The first kappa shape index (κ1) is 12.6. The Bertz CT molecular complexity index is 552. The first-order valence-corrected chi connectivity index (χ1v) is 6.00. The van der Waals surface area contributed by atoms with Crippen LogP contribution in [-0.2, 0) is 5.41 Å². The lowest BCUT2D eigenvalue weighted by Gasteiger charge is -2.23. The Labute approximate surface area is 107 Å². The highest BCUT2D eigenvalue weighted by atomic mass is 16.5. The Morgan fingerprint density at radius 1 is 1.22 bits per heavy atom. The molecule has 0 unspecified atom stereocenters. The van der Waals surface area contributed by atoms with Crippen molar-refractivity contribution in [3.8, 4) is 17.1 Å². The van der Waals surface area contributed by atoms with Crippen molar-refractivity contribution in [2.75, 3.05) is 7.11 Å². The van der Waals surface area contributed by atoms with Crippen LogP contribution in [0.25, 0.3) is 11.4 Å². The van der Waals surface area contributed by atoms with Crippen LogP contribution in [0.4, 0.5) is 0 Å². The van der Waals surface area contributed by atoms with E-state index in [0.29, 0.717) is 5.82 Å². The van der Waals surface area contributed by atoms with Gasteiger partial charge in [-0.05, 0) is 18.4 Å². The molecule has 0 aliphatic carbocycles. The molecule has 1 heterocycles. The number of benzene rings is 1. The summed E-state index contributed by atoms with van der Waals surface area (Å²) in [5.74, 6) is 2.33. The smallest absolute Gasteiger partial charge is 0.184 e. The zero-order chi connectivity index (χ0) is 13.3. The van der Waals surface area contributed by atoms with Gasteiger partial charge in [-0.3, -0.25) is 5.10 Å². The molecule has 1 aromatic carbocycles. The fraction of sp³-hybridized carbons (Fsp3) is 0.429. The number of para-hydroxylation sites is 1. The molecule has 0 amide bonds. The van der Waals surface area contributed by atoms with E-state index in [4.69, 9.17) is 4.74 Å². The molecule has 0 spiro atoms. The summed E-state index contributed by atoms with van der Waals surface area (Å²) in [6.45, 7) is 8.38. The molecule has 4 heteroatoms. The third kappa shape index (κ3) is 2.23. The number of aromatic nitrogens is 3. The monoisotopic (exact) mass is 245 g/mol. The molecule has 2 aromatic rings. The Hall–Kier alpha value is -1.84. The second-order valence-electron chi connectivity index (χ2n) is 5.38. The van der Waals surface area contributed by atoms with Gasteiger partial charge in [0.25, 0.3) is 0 Å². The van der Waals surface area contributed by atoms with Crippen molar-refractivity contribution in [3.63, 3.8) is 0 Å². The van der Waals surface area contributed by atoms with E-state index in [1.54, 1.807) is 7.11 Å². The molecule has 96 valence electrons. The van der Waals surface area contributed by atoms with Crippen LogP contribution in [0.3, 0.4) is 0 Å². The van der Waals surface area contributed by atoms with Gasteiger partial charge >= 0.3 is 0 Å². The fourth-order valence-electron chi connectivity index (χ4n) is 1.99. The van der Waals surface area contributed by atoms with E-state index < -0.39 is 0 Å². The molecule has 0 saturated carbocycles. The summed E-state index contributed by atoms with van der Waals surface area (Å²) < 4.78 is 5.57. The predicted octanol–water partition coefficient (Wildman–Crippen LogP) is 3.09. The quantitative estimate of drug-likeness (QED) is 0.884. The summed E-state index contributed by atoms with van der Waals surface area (Å²) >= 11 is 0. The molecule has 4 nitrogen and oxygen atoms in total. The van der Waals surface area contributed by atoms with Gasteiger partial charge in [0.15, 0.2) is 5.82 Å². The standard InChI is InChI=1S/C14H19N3O/c1-9-15-13(17-16-9)10-7-6-8-11(12(10)18-5)14(2,3)4/h6-8H,1-5H3,(H,15,16,17). The topological polar surface area (TPSA) is 50.8 Å². The highest BCUT2D eigenvalue weighted by Gasteiger charge is 2.22. The highest BCUT2D eigenvalue weighted by Crippen LogP contribution is 2.37. The summed E-state index contributed by atoms with van der Waals surface area (Å²) in [6.07, 6.45) is 0. The maximum Gasteiger partial charge on any atom is 0.184 e. The van der Waals surface area contributed by atoms with Crippen molar-refractivity contribution in [1.82, 2.24) is 15.2 Å².